The van der Waals surface area contributed by atoms with E-state index in [1.807, 2.05) is 30.3 Å². The predicted molar refractivity (Wildman–Crippen MR) is 80.6 cm³/mol. The summed E-state index contributed by atoms with van der Waals surface area (Å²) in [7, 11) is 1.42. The summed E-state index contributed by atoms with van der Waals surface area (Å²) in [5, 5.41) is 0. The van der Waals surface area contributed by atoms with Crippen molar-refractivity contribution in [1.82, 2.24) is 0 Å². The van der Waals surface area contributed by atoms with Gasteiger partial charge >= 0.3 is 6.09 Å². The van der Waals surface area contributed by atoms with Crippen molar-refractivity contribution in [2.45, 2.75) is 13.0 Å². The standard InChI is InChI=1S/C17H16FNO3/c1-21-16-9-13-7-8-19(15(13)10-14(16)18)17(20)22-11-12-5-3-2-4-6-12/h2-6,9-10H,7-8,11H2,1H3. The van der Waals surface area contributed by atoms with E-state index in [4.69, 9.17) is 9.47 Å². The van der Waals surface area contributed by atoms with Gasteiger partial charge in [0.25, 0.3) is 0 Å². The highest BCUT2D eigenvalue weighted by atomic mass is 19.1. The van der Waals surface area contributed by atoms with Gasteiger partial charge in [0.05, 0.1) is 12.8 Å². The van der Waals surface area contributed by atoms with Gasteiger partial charge in [-0.05, 0) is 23.6 Å². The van der Waals surface area contributed by atoms with Crippen LogP contribution in [0.3, 0.4) is 0 Å². The zero-order valence-corrected chi connectivity index (χ0v) is 12.2. The zero-order valence-electron chi connectivity index (χ0n) is 12.2. The van der Waals surface area contributed by atoms with Crippen LogP contribution >= 0.6 is 0 Å². The van der Waals surface area contributed by atoms with Crippen molar-refractivity contribution in [3.63, 3.8) is 0 Å². The van der Waals surface area contributed by atoms with E-state index in [2.05, 4.69) is 0 Å². The third-order valence-corrected chi connectivity index (χ3v) is 3.67. The highest BCUT2D eigenvalue weighted by Crippen LogP contribution is 2.33. The van der Waals surface area contributed by atoms with Crippen LogP contribution in [0.1, 0.15) is 11.1 Å². The van der Waals surface area contributed by atoms with E-state index >= 15 is 0 Å². The fourth-order valence-electron chi connectivity index (χ4n) is 2.53. The molecular weight excluding hydrogens is 285 g/mol. The van der Waals surface area contributed by atoms with E-state index in [-0.39, 0.29) is 12.4 Å². The van der Waals surface area contributed by atoms with Gasteiger partial charge in [-0.3, -0.25) is 4.90 Å². The molecule has 22 heavy (non-hydrogen) atoms. The van der Waals surface area contributed by atoms with Crippen LogP contribution in [0.25, 0.3) is 0 Å². The fraction of sp³-hybridized carbons (Fsp3) is 0.235. The molecule has 0 aromatic heterocycles. The zero-order chi connectivity index (χ0) is 15.5. The molecule has 114 valence electrons. The Morgan fingerprint density at radius 2 is 2.05 bits per heavy atom. The molecule has 0 atom stereocenters. The van der Waals surface area contributed by atoms with Gasteiger partial charge in [-0.1, -0.05) is 30.3 Å². The summed E-state index contributed by atoms with van der Waals surface area (Å²) in [6, 6.07) is 12.4. The molecule has 3 rings (SSSR count). The van der Waals surface area contributed by atoms with E-state index < -0.39 is 11.9 Å². The lowest BCUT2D eigenvalue weighted by atomic mass is 10.1. The first kappa shape index (κ1) is 14.4. The molecule has 0 unspecified atom stereocenters. The maximum Gasteiger partial charge on any atom is 0.414 e. The lowest BCUT2D eigenvalue weighted by Crippen LogP contribution is -2.29. The number of anilines is 1. The lowest BCUT2D eigenvalue weighted by Gasteiger charge is -2.17. The molecule has 2 aromatic rings. The van der Waals surface area contributed by atoms with Gasteiger partial charge in [-0.25, -0.2) is 9.18 Å². The van der Waals surface area contributed by atoms with Crippen molar-refractivity contribution in [2.24, 2.45) is 0 Å². The van der Waals surface area contributed by atoms with Crippen LogP contribution < -0.4 is 9.64 Å². The molecule has 1 heterocycles. The molecule has 1 amide bonds. The van der Waals surface area contributed by atoms with Gasteiger partial charge < -0.3 is 9.47 Å². The summed E-state index contributed by atoms with van der Waals surface area (Å²) in [6.45, 7) is 0.680. The molecular formula is C17H16FNO3. The van der Waals surface area contributed by atoms with Crippen LogP contribution in [-0.4, -0.2) is 19.7 Å². The summed E-state index contributed by atoms with van der Waals surface area (Å²) in [6.07, 6.45) is 0.194. The molecule has 0 fully saturated rings. The molecule has 0 saturated heterocycles. The topological polar surface area (TPSA) is 38.8 Å². The van der Waals surface area contributed by atoms with Crippen LogP contribution in [0.2, 0.25) is 0 Å². The number of fused-ring (bicyclic) bond motifs is 1. The normalized spacial score (nSPS) is 12.9. The average molecular weight is 301 g/mol. The number of hydrogen-bond acceptors (Lipinski definition) is 3. The van der Waals surface area contributed by atoms with Crippen LogP contribution in [0.5, 0.6) is 5.75 Å². The number of rotatable bonds is 3. The number of carbonyl (C=O) groups is 1. The quantitative estimate of drug-likeness (QED) is 0.870. The molecule has 0 aliphatic carbocycles. The average Bonchev–Trinajstić information content (AvgIpc) is 2.95. The number of benzene rings is 2. The molecule has 0 spiro atoms. The number of halogens is 1. The predicted octanol–water partition coefficient (Wildman–Crippen LogP) is 3.53. The minimum Gasteiger partial charge on any atom is -0.494 e. The Bertz CT molecular complexity index is 688. The second-order valence-electron chi connectivity index (χ2n) is 5.06. The van der Waals surface area contributed by atoms with Crippen molar-refractivity contribution in [1.29, 1.82) is 0 Å². The Morgan fingerprint density at radius 3 is 2.77 bits per heavy atom. The van der Waals surface area contributed by atoms with Gasteiger partial charge in [-0.15, -0.1) is 0 Å². The van der Waals surface area contributed by atoms with Gasteiger partial charge in [0.15, 0.2) is 11.6 Å². The maximum absolute atomic E-state index is 13.8. The smallest absolute Gasteiger partial charge is 0.414 e. The van der Waals surface area contributed by atoms with Crippen LogP contribution in [0.15, 0.2) is 42.5 Å². The summed E-state index contributed by atoms with van der Waals surface area (Å²) >= 11 is 0. The van der Waals surface area contributed by atoms with E-state index in [9.17, 15) is 9.18 Å². The number of ether oxygens (including phenoxy) is 2. The molecule has 1 aliphatic rings. The molecule has 1 aliphatic heterocycles. The Morgan fingerprint density at radius 1 is 1.27 bits per heavy atom. The number of methoxy groups -OCH3 is 1. The van der Waals surface area contributed by atoms with Gasteiger partial charge in [-0.2, -0.15) is 0 Å². The summed E-state index contributed by atoms with van der Waals surface area (Å²) in [5.41, 5.74) is 2.35. The van der Waals surface area contributed by atoms with E-state index in [1.54, 1.807) is 6.07 Å². The van der Waals surface area contributed by atoms with Gasteiger partial charge in [0, 0.05) is 12.6 Å². The highest BCUT2D eigenvalue weighted by molar-refractivity contribution is 5.90. The largest absolute Gasteiger partial charge is 0.494 e. The molecule has 0 bridgehead atoms. The van der Waals surface area contributed by atoms with Crippen molar-refractivity contribution in [2.75, 3.05) is 18.6 Å². The first-order valence-electron chi connectivity index (χ1n) is 7.03. The highest BCUT2D eigenvalue weighted by Gasteiger charge is 2.27. The minimum atomic E-state index is -0.482. The van der Waals surface area contributed by atoms with Gasteiger partial charge in [0.2, 0.25) is 0 Å². The molecule has 0 radical (unpaired) electrons. The number of hydrogen-bond donors (Lipinski definition) is 0. The summed E-state index contributed by atoms with van der Waals surface area (Å²) < 4.78 is 24.1. The lowest BCUT2D eigenvalue weighted by molar-refractivity contribution is 0.147. The van der Waals surface area contributed by atoms with E-state index in [0.29, 0.717) is 18.7 Å². The first-order valence-corrected chi connectivity index (χ1v) is 7.03. The third kappa shape index (κ3) is 2.74. The van der Waals surface area contributed by atoms with Crippen LogP contribution in [0, 0.1) is 5.82 Å². The molecule has 2 aromatic carbocycles. The van der Waals surface area contributed by atoms with Crippen molar-refractivity contribution >= 4 is 11.8 Å². The summed E-state index contributed by atoms with van der Waals surface area (Å²) in [5.74, 6) is -0.290. The Labute approximate surface area is 128 Å². The van der Waals surface area contributed by atoms with Crippen molar-refractivity contribution in [3.05, 3.63) is 59.4 Å². The fourth-order valence-corrected chi connectivity index (χ4v) is 2.53. The Balaban J connectivity index is 1.72. The van der Waals surface area contributed by atoms with E-state index in [0.717, 1.165) is 11.1 Å². The Kier molecular flexibility index (Phi) is 3.96. The molecule has 0 N–H and O–H groups in total. The number of nitrogens with zero attached hydrogens (tertiary/aromatic N) is 1. The minimum absolute atomic E-state index is 0.193. The molecule has 4 nitrogen and oxygen atoms in total. The van der Waals surface area contributed by atoms with Crippen LogP contribution in [0.4, 0.5) is 14.9 Å². The first-order chi connectivity index (χ1) is 10.7. The molecule has 5 heteroatoms. The van der Waals surface area contributed by atoms with Gasteiger partial charge in [0.1, 0.15) is 6.61 Å². The maximum atomic E-state index is 13.8. The second-order valence-corrected chi connectivity index (χ2v) is 5.06. The molecule has 0 saturated carbocycles. The van der Waals surface area contributed by atoms with Crippen molar-refractivity contribution in [3.8, 4) is 5.75 Å². The summed E-state index contributed by atoms with van der Waals surface area (Å²) in [4.78, 5) is 13.7. The monoisotopic (exact) mass is 301 g/mol. The third-order valence-electron chi connectivity index (χ3n) is 3.67. The number of carbonyl (C=O) groups excluding carboxylic acids is 1. The Hall–Kier alpha value is -2.56. The van der Waals surface area contributed by atoms with Crippen LogP contribution in [-0.2, 0) is 17.8 Å². The van der Waals surface area contributed by atoms with E-state index in [1.165, 1.54) is 18.1 Å². The SMILES string of the molecule is COc1cc2c(cc1F)N(C(=O)OCc1ccccc1)CC2. The van der Waals surface area contributed by atoms with Crippen molar-refractivity contribution < 1.29 is 18.7 Å². The second kappa shape index (κ2) is 6.05. The number of amides is 1.